The number of amides is 1. The topological polar surface area (TPSA) is 105 Å². The summed E-state index contributed by atoms with van der Waals surface area (Å²) in [5, 5.41) is 14.1. The molecule has 3 atom stereocenters. The molecule has 9 heteroatoms. The highest BCUT2D eigenvalue weighted by Gasteiger charge is 2.28. The highest BCUT2D eigenvalue weighted by atomic mass is 31.2. The third-order valence-electron chi connectivity index (χ3n) is 14.9. The van der Waals surface area contributed by atoms with Crippen LogP contribution >= 0.6 is 7.82 Å². The van der Waals surface area contributed by atoms with Crippen molar-refractivity contribution in [3.05, 3.63) is 85.1 Å². The number of carbonyl (C=O) groups is 1. The zero-order valence-electron chi connectivity index (χ0n) is 52.6. The van der Waals surface area contributed by atoms with Crippen LogP contribution in [0.2, 0.25) is 0 Å². The van der Waals surface area contributed by atoms with Gasteiger partial charge in [-0.25, -0.2) is 4.57 Å². The van der Waals surface area contributed by atoms with Crippen molar-refractivity contribution in [1.29, 1.82) is 0 Å². The second kappa shape index (κ2) is 60.3. The molecular weight excluding hydrogens is 996 g/mol. The quantitative estimate of drug-likeness (QED) is 0.0243. The van der Waals surface area contributed by atoms with Crippen LogP contribution in [0.25, 0.3) is 0 Å². The van der Waals surface area contributed by atoms with Crippen molar-refractivity contribution in [2.75, 3.05) is 40.9 Å². The number of allylic oxidation sites excluding steroid dienone is 14. The maximum Gasteiger partial charge on any atom is 0.472 e. The molecule has 0 saturated carbocycles. The van der Waals surface area contributed by atoms with Crippen LogP contribution in [0.5, 0.6) is 0 Å². The van der Waals surface area contributed by atoms with E-state index >= 15 is 0 Å². The summed E-state index contributed by atoms with van der Waals surface area (Å²) in [4.78, 5) is 23.4. The Morgan fingerprint density at radius 2 is 0.759 bits per heavy atom. The van der Waals surface area contributed by atoms with Gasteiger partial charge in [-0.2, -0.15) is 0 Å². The molecule has 0 aliphatic heterocycles. The molecule has 0 aromatic carbocycles. The third-order valence-corrected chi connectivity index (χ3v) is 15.9. The van der Waals surface area contributed by atoms with Crippen LogP contribution in [0.1, 0.15) is 303 Å². The molecule has 0 bridgehead atoms. The highest BCUT2D eigenvalue weighted by Crippen LogP contribution is 2.43. The number of phosphoric acid groups is 1. The second-order valence-corrected chi connectivity index (χ2v) is 25.3. The molecule has 0 fully saturated rings. The van der Waals surface area contributed by atoms with Crippen molar-refractivity contribution in [3.8, 4) is 0 Å². The normalized spacial score (nSPS) is 14.3. The molecule has 0 aliphatic rings. The average molecular weight is 1130 g/mol. The van der Waals surface area contributed by atoms with E-state index < -0.39 is 20.0 Å². The van der Waals surface area contributed by atoms with E-state index in [1.165, 1.54) is 193 Å². The number of likely N-dealkylation sites (N-methyl/N-ethyl adjacent to an activating group) is 1. The van der Waals surface area contributed by atoms with Crippen molar-refractivity contribution < 1.29 is 32.9 Å². The van der Waals surface area contributed by atoms with Gasteiger partial charge in [-0.15, -0.1) is 0 Å². The predicted octanol–water partition coefficient (Wildman–Crippen LogP) is 21.2. The molecule has 0 aromatic rings. The molecule has 0 saturated heterocycles. The number of carbonyl (C=O) groups excluding carboxylic acids is 1. The minimum Gasteiger partial charge on any atom is -0.391 e. The first kappa shape index (κ1) is 76.7. The Morgan fingerprint density at radius 1 is 0.443 bits per heavy atom. The summed E-state index contributed by atoms with van der Waals surface area (Å²) in [5.74, 6) is -0.143. The molecular formula is C70H130N2O6P+. The first-order valence-corrected chi connectivity index (χ1v) is 34.9. The van der Waals surface area contributed by atoms with E-state index in [0.29, 0.717) is 23.9 Å². The first-order valence-electron chi connectivity index (χ1n) is 33.5. The molecule has 79 heavy (non-hydrogen) atoms. The van der Waals surface area contributed by atoms with Crippen molar-refractivity contribution in [2.24, 2.45) is 0 Å². The van der Waals surface area contributed by atoms with Crippen LogP contribution in [-0.2, 0) is 18.4 Å². The summed E-state index contributed by atoms with van der Waals surface area (Å²) in [6, 6.07) is -0.765. The lowest BCUT2D eigenvalue weighted by Gasteiger charge is -2.26. The van der Waals surface area contributed by atoms with Crippen molar-refractivity contribution in [3.63, 3.8) is 0 Å². The van der Waals surface area contributed by atoms with Gasteiger partial charge >= 0.3 is 7.82 Å². The van der Waals surface area contributed by atoms with Crippen LogP contribution in [-0.4, -0.2) is 73.4 Å². The van der Waals surface area contributed by atoms with Gasteiger partial charge in [-0.05, 0) is 70.6 Å². The molecule has 3 unspecified atom stereocenters. The molecule has 460 valence electrons. The zero-order chi connectivity index (χ0) is 57.7. The van der Waals surface area contributed by atoms with E-state index in [2.05, 4.69) is 104 Å². The second-order valence-electron chi connectivity index (χ2n) is 23.8. The van der Waals surface area contributed by atoms with E-state index in [-0.39, 0.29) is 19.1 Å². The van der Waals surface area contributed by atoms with E-state index in [1.807, 2.05) is 21.1 Å². The fourth-order valence-corrected chi connectivity index (χ4v) is 10.5. The Hall–Kier alpha value is -2.32. The number of phosphoric ester groups is 1. The number of rotatable bonds is 61. The van der Waals surface area contributed by atoms with E-state index in [1.54, 1.807) is 0 Å². The summed E-state index contributed by atoms with van der Waals surface area (Å²) in [6.07, 6.45) is 85.2. The molecule has 0 heterocycles. The fourth-order valence-electron chi connectivity index (χ4n) is 9.74. The molecule has 0 radical (unpaired) electrons. The van der Waals surface area contributed by atoms with E-state index in [4.69, 9.17) is 9.05 Å². The van der Waals surface area contributed by atoms with Crippen LogP contribution in [0.3, 0.4) is 0 Å². The summed E-state index contributed by atoms with van der Waals surface area (Å²) >= 11 is 0. The van der Waals surface area contributed by atoms with E-state index in [0.717, 1.165) is 83.5 Å². The first-order chi connectivity index (χ1) is 38.5. The smallest absolute Gasteiger partial charge is 0.391 e. The molecule has 3 N–H and O–H groups in total. The Morgan fingerprint density at radius 3 is 1.11 bits per heavy atom. The van der Waals surface area contributed by atoms with Gasteiger partial charge in [-0.1, -0.05) is 311 Å². The van der Waals surface area contributed by atoms with Crippen LogP contribution in [0.15, 0.2) is 85.1 Å². The minimum absolute atomic E-state index is 0.0733. The van der Waals surface area contributed by atoms with Crippen LogP contribution < -0.4 is 5.32 Å². The van der Waals surface area contributed by atoms with Crippen molar-refractivity contribution in [1.82, 2.24) is 5.32 Å². The van der Waals surface area contributed by atoms with Gasteiger partial charge < -0.3 is 19.8 Å². The van der Waals surface area contributed by atoms with Gasteiger partial charge in [0.15, 0.2) is 0 Å². The number of aliphatic hydroxyl groups excluding tert-OH is 1. The van der Waals surface area contributed by atoms with Gasteiger partial charge in [0.25, 0.3) is 0 Å². The SMILES string of the molecule is CC/C=C\C/C=C\C/C=C\C/C=C\C/C=C\C/C=C\C/C=C\CCCCCCCCCCCCCCCCCC(=O)NC(COP(=O)(O)OCC[N+](C)(C)C)C(O)CCCCCCCCCCCCCCCCCCCCCC. The average Bonchev–Trinajstić information content (AvgIpc) is 3.42. The number of quaternary nitrogens is 1. The summed E-state index contributed by atoms with van der Waals surface area (Å²) < 4.78 is 23.9. The summed E-state index contributed by atoms with van der Waals surface area (Å²) in [6.45, 7) is 4.80. The lowest BCUT2D eigenvalue weighted by Crippen LogP contribution is -2.46. The summed E-state index contributed by atoms with van der Waals surface area (Å²) in [5.41, 5.74) is 0. The Kier molecular flexibility index (Phi) is 58.5. The van der Waals surface area contributed by atoms with Gasteiger partial charge in [0.2, 0.25) is 5.91 Å². The molecule has 8 nitrogen and oxygen atoms in total. The van der Waals surface area contributed by atoms with E-state index in [9.17, 15) is 19.4 Å². The largest absolute Gasteiger partial charge is 0.472 e. The standard InChI is InChI=1S/C70H129N2O6P/c1-6-8-10-12-14-16-18-20-22-24-26-28-29-30-31-32-33-34-35-36-37-38-39-40-41-42-43-44-46-48-50-52-54-56-58-60-62-64-70(74)71-68(67-78-79(75,76)77-66-65-72(3,4)5)69(73)63-61-59-57-55-53-51-49-47-45-27-25-23-21-19-17-15-13-11-9-7-2/h8,10,14,16,20,22,26,28,30-31,33-34,36-37,68-69,73H,6-7,9,11-13,15,17-19,21,23-25,27,29,32,35,38-67H2,1-5H3,(H-,71,74,75,76)/p+1/b10-8-,16-14-,22-20-,28-26-,31-30-,34-33-,37-36-. The van der Waals surface area contributed by atoms with Crippen molar-refractivity contribution in [2.45, 2.75) is 315 Å². The number of hydrogen-bond donors (Lipinski definition) is 3. The predicted molar refractivity (Wildman–Crippen MR) is 346 cm³/mol. The Bertz CT molecular complexity index is 1560. The van der Waals surface area contributed by atoms with Gasteiger partial charge in [0, 0.05) is 6.42 Å². The minimum atomic E-state index is -4.33. The number of nitrogens with one attached hydrogen (secondary N) is 1. The maximum absolute atomic E-state index is 13.1. The highest BCUT2D eigenvalue weighted by molar-refractivity contribution is 7.47. The molecule has 0 aromatic heterocycles. The molecule has 0 rings (SSSR count). The molecule has 1 amide bonds. The number of unbranched alkanes of at least 4 members (excludes halogenated alkanes) is 34. The maximum atomic E-state index is 13.1. The zero-order valence-corrected chi connectivity index (χ0v) is 53.5. The van der Waals surface area contributed by atoms with Gasteiger partial charge in [0.05, 0.1) is 39.9 Å². The lowest BCUT2D eigenvalue weighted by atomic mass is 10.0. The number of aliphatic hydroxyl groups is 1. The molecule has 0 aliphatic carbocycles. The van der Waals surface area contributed by atoms with Crippen molar-refractivity contribution >= 4 is 13.7 Å². The lowest BCUT2D eigenvalue weighted by molar-refractivity contribution is -0.870. The Balaban J connectivity index is 4.03. The molecule has 0 spiro atoms. The number of nitrogens with zero attached hydrogens (tertiary/aromatic N) is 1. The third kappa shape index (κ3) is 63.1. The summed E-state index contributed by atoms with van der Waals surface area (Å²) in [7, 11) is 1.62. The fraction of sp³-hybridized carbons (Fsp3) is 0.786. The van der Waals surface area contributed by atoms with Crippen LogP contribution in [0, 0.1) is 0 Å². The van der Waals surface area contributed by atoms with Gasteiger partial charge in [0.1, 0.15) is 13.2 Å². The monoisotopic (exact) mass is 1130 g/mol. The Labute approximate surface area is 490 Å². The van der Waals surface area contributed by atoms with Crippen LogP contribution in [0.4, 0.5) is 0 Å². The number of hydrogen-bond acceptors (Lipinski definition) is 5. The van der Waals surface area contributed by atoms with Gasteiger partial charge in [-0.3, -0.25) is 13.8 Å².